The number of carbonyl (C=O) groups excluding carboxylic acids is 3. The van der Waals surface area contributed by atoms with E-state index in [4.69, 9.17) is 21.1 Å². The molecule has 0 aromatic heterocycles. The van der Waals surface area contributed by atoms with Crippen LogP contribution in [-0.4, -0.2) is 54.7 Å². The van der Waals surface area contributed by atoms with Gasteiger partial charge in [0.1, 0.15) is 11.6 Å². The molecule has 7 nitrogen and oxygen atoms in total. The molecule has 0 radical (unpaired) electrons. The smallest absolute Gasteiger partial charge is 0.410 e. The van der Waals surface area contributed by atoms with E-state index < -0.39 is 23.5 Å². The van der Waals surface area contributed by atoms with Crippen LogP contribution in [0.4, 0.5) is 4.79 Å². The number of aryl methyl sites for hydroxylation is 1. The lowest BCUT2D eigenvalue weighted by Crippen LogP contribution is -2.43. The second-order valence-electron chi connectivity index (χ2n) is 9.79. The van der Waals surface area contributed by atoms with Crippen molar-refractivity contribution in [1.82, 2.24) is 10.2 Å². The Hall–Kier alpha value is -3.32. The summed E-state index contributed by atoms with van der Waals surface area (Å²) in [5, 5.41) is 3.09. The van der Waals surface area contributed by atoms with Crippen molar-refractivity contribution in [3.63, 3.8) is 0 Å². The number of nitrogens with zero attached hydrogens (tertiary/aromatic N) is 1. The van der Waals surface area contributed by atoms with E-state index in [0.717, 1.165) is 28.7 Å². The molecule has 1 aliphatic rings. The van der Waals surface area contributed by atoms with Gasteiger partial charge in [-0.1, -0.05) is 54.1 Å². The number of methoxy groups -OCH3 is 1. The Morgan fingerprint density at radius 2 is 1.81 bits per heavy atom. The van der Waals surface area contributed by atoms with Crippen molar-refractivity contribution in [2.75, 3.05) is 20.2 Å². The number of hydrogen-bond acceptors (Lipinski definition) is 5. The van der Waals surface area contributed by atoms with Gasteiger partial charge < -0.3 is 19.7 Å². The molecule has 1 atom stereocenters. The molecule has 192 valence electrons. The standard InChI is InChI=1S/C28H33ClN2O5/c1-18-7-6-8-22(29)24(18)25(32)30-23(26(33)35-5)17-19-9-11-20(12-10-19)21-13-15-31(16-14-21)27(34)36-28(2,3)4/h6-13,23H,14-17H2,1-5H3,(H,30,32)/t23-/m0/s1. The highest BCUT2D eigenvalue weighted by Crippen LogP contribution is 2.24. The average molecular weight is 513 g/mol. The van der Waals surface area contributed by atoms with Gasteiger partial charge in [-0.15, -0.1) is 0 Å². The summed E-state index contributed by atoms with van der Waals surface area (Å²) in [5.41, 5.74) is 3.61. The van der Waals surface area contributed by atoms with Gasteiger partial charge in [0.2, 0.25) is 0 Å². The van der Waals surface area contributed by atoms with E-state index in [1.54, 1.807) is 30.0 Å². The number of ether oxygens (including phenoxy) is 2. The van der Waals surface area contributed by atoms with E-state index in [9.17, 15) is 14.4 Å². The van der Waals surface area contributed by atoms with Crippen LogP contribution in [0.2, 0.25) is 5.02 Å². The molecule has 3 rings (SSSR count). The van der Waals surface area contributed by atoms with Crippen LogP contribution < -0.4 is 5.32 Å². The summed E-state index contributed by atoms with van der Waals surface area (Å²) in [5.74, 6) is -0.957. The van der Waals surface area contributed by atoms with Crippen LogP contribution in [0.25, 0.3) is 5.57 Å². The monoisotopic (exact) mass is 512 g/mol. The molecule has 2 amide bonds. The summed E-state index contributed by atoms with van der Waals surface area (Å²) in [6.45, 7) is 8.42. The molecule has 1 heterocycles. The Bertz CT molecular complexity index is 1130. The van der Waals surface area contributed by atoms with Crippen LogP contribution in [0.5, 0.6) is 0 Å². The van der Waals surface area contributed by atoms with E-state index in [2.05, 4.69) is 5.32 Å². The highest BCUT2D eigenvalue weighted by atomic mass is 35.5. The normalized spacial score (nSPS) is 14.5. The molecular formula is C28H33ClN2O5. The number of esters is 1. The zero-order chi connectivity index (χ0) is 26.5. The maximum atomic E-state index is 12.9. The molecule has 2 aromatic rings. The average Bonchev–Trinajstić information content (AvgIpc) is 2.82. The van der Waals surface area contributed by atoms with Crippen molar-refractivity contribution in [2.24, 2.45) is 0 Å². The van der Waals surface area contributed by atoms with Crippen molar-refractivity contribution in [3.05, 3.63) is 75.8 Å². The molecule has 0 spiro atoms. The van der Waals surface area contributed by atoms with Gasteiger partial charge in [0.15, 0.2) is 0 Å². The van der Waals surface area contributed by atoms with Crippen LogP contribution in [-0.2, 0) is 20.7 Å². The van der Waals surface area contributed by atoms with Gasteiger partial charge in [0.05, 0.1) is 17.7 Å². The number of carbonyl (C=O) groups is 3. The maximum absolute atomic E-state index is 12.9. The maximum Gasteiger partial charge on any atom is 0.410 e. The van der Waals surface area contributed by atoms with E-state index in [1.807, 2.05) is 51.1 Å². The zero-order valence-corrected chi connectivity index (χ0v) is 22.1. The van der Waals surface area contributed by atoms with Crippen molar-refractivity contribution < 1.29 is 23.9 Å². The van der Waals surface area contributed by atoms with Gasteiger partial charge in [0.25, 0.3) is 5.91 Å². The highest BCUT2D eigenvalue weighted by molar-refractivity contribution is 6.34. The molecule has 36 heavy (non-hydrogen) atoms. The predicted octanol–water partition coefficient (Wildman–Crippen LogP) is 5.19. The topological polar surface area (TPSA) is 84.9 Å². The summed E-state index contributed by atoms with van der Waals surface area (Å²) in [7, 11) is 1.29. The molecule has 1 aliphatic heterocycles. The first-order valence-electron chi connectivity index (χ1n) is 11.9. The lowest BCUT2D eigenvalue weighted by atomic mass is 9.97. The fourth-order valence-corrected chi connectivity index (χ4v) is 4.31. The lowest BCUT2D eigenvalue weighted by Gasteiger charge is -2.29. The van der Waals surface area contributed by atoms with Crippen molar-refractivity contribution in [3.8, 4) is 0 Å². The summed E-state index contributed by atoms with van der Waals surface area (Å²) in [6.07, 6.45) is 2.71. The van der Waals surface area contributed by atoms with Crippen molar-refractivity contribution in [1.29, 1.82) is 0 Å². The molecule has 0 saturated heterocycles. The van der Waals surface area contributed by atoms with E-state index in [1.165, 1.54) is 7.11 Å². The highest BCUT2D eigenvalue weighted by Gasteiger charge is 2.26. The largest absolute Gasteiger partial charge is 0.467 e. The molecule has 0 unspecified atom stereocenters. The minimum atomic E-state index is -0.861. The SMILES string of the molecule is COC(=O)[C@H](Cc1ccc(C2=CCN(C(=O)OC(C)(C)C)CC2)cc1)NC(=O)c1c(C)cccc1Cl. The first-order chi connectivity index (χ1) is 17.0. The van der Waals surface area contributed by atoms with Crippen LogP contribution in [0, 0.1) is 6.92 Å². The second kappa shape index (κ2) is 11.6. The van der Waals surface area contributed by atoms with E-state index in [0.29, 0.717) is 23.7 Å². The summed E-state index contributed by atoms with van der Waals surface area (Å²) < 4.78 is 10.4. The van der Waals surface area contributed by atoms with E-state index >= 15 is 0 Å². The number of rotatable bonds is 6. The van der Waals surface area contributed by atoms with Gasteiger partial charge in [-0.3, -0.25) is 4.79 Å². The van der Waals surface area contributed by atoms with Gasteiger partial charge >= 0.3 is 12.1 Å². The van der Waals surface area contributed by atoms with Gasteiger partial charge in [-0.25, -0.2) is 9.59 Å². The summed E-state index contributed by atoms with van der Waals surface area (Å²) in [6, 6.07) is 12.2. The van der Waals surface area contributed by atoms with Crippen LogP contribution in [0.15, 0.2) is 48.5 Å². The first-order valence-corrected chi connectivity index (χ1v) is 12.3. The molecule has 0 bridgehead atoms. The quantitative estimate of drug-likeness (QED) is 0.538. The third kappa shape index (κ3) is 7.10. The minimum Gasteiger partial charge on any atom is -0.467 e. The minimum absolute atomic E-state index is 0.271. The lowest BCUT2D eigenvalue weighted by molar-refractivity contribution is -0.142. The number of halogens is 1. The molecule has 2 aromatic carbocycles. The third-order valence-corrected chi connectivity index (χ3v) is 6.18. The van der Waals surface area contributed by atoms with Crippen LogP contribution in [0.3, 0.4) is 0 Å². The number of nitrogens with one attached hydrogen (secondary N) is 1. The van der Waals surface area contributed by atoms with Crippen molar-refractivity contribution >= 4 is 35.1 Å². The Labute approximate surface area is 217 Å². The van der Waals surface area contributed by atoms with Gasteiger partial charge in [0, 0.05) is 19.5 Å². The first kappa shape index (κ1) is 27.3. The van der Waals surface area contributed by atoms with E-state index in [-0.39, 0.29) is 12.5 Å². The van der Waals surface area contributed by atoms with Gasteiger partial charge in [-0.2, -0.15) is 0 Å². The second-order valence-corrected chi connectivity index (χ2v) is 10.2. The number of hydrogen-bond donors (Lipinski definition) is 1. The zero-order valence-electron chi connectivity index (χ0n) is 21.4. The molecule has 0 aliphatic carbocycles. The fraction of sp³-hybridized carbons (Fsp3) is 0.393. The van der Waals surface area contributed by atoms with Crippen molar-refractivity contribution in [2.45, 2.75) is 52.2 Å². The molecule has 0 saturated carbocycles. The van der Waals surface area contributed by atoms with Gasteiger partial charge in [-0.05, 0) is 62.4 Å². The molecule has 0 fully saturated rings. The number of benzene rings is 2. The molecular weight excluding hydrogens is 480 g/mol. The third-order valence-electron chi connectivity index (χ3n) is 5.87. The Morgan fingerprint density at radius 1 is 1.11 bits per heavy atom. The summed E-state index contributed by atoms with van der Waals surface area (Å²) >= 11 is 6.22. The van der Waals surface area contributed by atoms with Crippen LogP contribution in [0.1, 0.15) is 54.2 Å². The predicted molar refractivity (Wildman–Crippen MR) is 140 cm³/mol. The van der Waals surface area contributed by atoms with Crippen LogP contribution >= 0.6 is 11.6 Å². The fourth-order valence-electron chi connectivity index (χ4n) is 4.00. The molecule has 8 heteroatoms. The molecule has 1 N–H and O–H groups in total. The Balaban J connectivity index is 1.67. The Morgan fingerprint density at radius 3 is 2.36 bits per heavy atom. The number of amides is 2. The summed E-state index contributed by atoms with van der Waals surface area (Å²) in [4.78, 5) is 39.3. The Kier molecular flexibility index (Phi) is 8.79.